The van der Waals surface area contributed by atoms with Crippen molar-refractivity contribution in [2.24, 2.45) is 7.05 Å². The van der Waals surface area contributed by atoms with E-state index in [0.29, 0.717) is 11.0 Å². The number of hydrogen-bond donors (Lipinski definition) is 1. The van der Waals surface area contributed by atoms with Gasteiger partial charge in [0.25, 0.3) is 0 Å². The molecule has 0 aliphatic rings. The Kier molecular flexibility index (Phi) is 3.71. The van der Waals surface area contributed by atoms with Gasteiger partial charge in [0.1, 0.15) is 0 Å². The number of halogens is 1. The fraction of sp³-hybridized carbons (Fsp3) is 0.143. The lowest BCUT2D eigenvalue weighted by atomic mass is 10.1. The summed E-state index contributed by atoms with van der Waals surface area (Å²) >= 11 is 7.32. The third-order valence-electron chi connectivity index (χ3n) is 2.90. The first-order chi connectivity index (χ1) is 9.72. The molecule has 0 aliphatic carbocycles. The lowest BCUT2D eigenvalue weighted by Crippen LogP contribution is -1.99. The third kappa shape index (κ3) is 2.84. The molecule has 3 aromatic rings. The Labute approximate surface area is 126 Å². The summed E-state index contributed by atoms with van der Waals surface area (Å²) in [6.07, 6.45) is 3.73. The van der Waals surface area contributed by atoms with Gasteiger partial charge in [-0.15, -0.1) is 11.3 Å². The summed E-state index contributed by atoms with van der Waals surface area (Å²) in [4.78, 5) is 5.14. The van der Waals surface area contributed by atoms with Crippen LogP contribution >= 0.6 is 22.9 Å². The van der Waals surface area contributed by atoms with Crippen molar-refractivity contribution in [3.8, 4) is 11.3 Å². The molecule has 0 amide bonds. The smallest absolute Gasteiger partial charge is 0.183 e. The van der Waals surface area contributed by atoms with Gasteiger partial charge in [-0.2, -0.15) is 5.10 Å². The van der Waals surface area contributed by atoms with Gasteiger partial charge >= 0.3 is 0 Å². The number of anilines is 1. The lowest BCUT2D eigenvalue weighted by molar-refractivity contribution is 0.771. The normalized spacial score (nSPS) is 10.7. The predicted molar refractivity (Wildman–Crippen MR) is 83.1 cm³/mol. The molecule has 2 aromatic heterocycles. The molecule has 20 heavy (non-hydrogen) atoms. The summed E-state index contributed by atoms with van der Waals surface area (Å²) in [6, 6.07) is 10.1. The van der Waals surface area contributed by atoms with Crippen LogP contribution in [0.2, 0.25) is 4.47 Å². The molecule has 0 saturated heterocycles. The maximum Gasteiger partial charge on any atom is 0.183 e. The Bertz CT molecular complexity index is 719. The lowest BCUT2D eigenvalue weighted by Gasteiger charge is -2.09. The van der Waals surface area contributed by atoms with Gasteiger partial charge in [-0.1, -0.05) is 29.8 Å². The minimum Gasteiger partial charge on any atom is -0.380 e. The first kappa shape index (κ1) is 13.1. The van der Waals surface area contributed by atoms with Crippen LogP contribution < -0.4 is 5.32 Å². The number of aryl methyl sites for hydroxylation is 1. The second-order valence-corrected chi connectivity index (χ2v) is 6.05. The number of benzene rings is 1. The second kappa shape index (κ2) is 5.64. The largest absolute Gasteiger partial charge is 0.380 e. The molecular weight excluding hydrogens is 292 g/mol. The Balaban J connectivity index is 1.83. The van der Waals surface area contributed by atoms with Crippen molar-refractivity contribution in [3.63, 3.8) is 0 Å². The van der Waals surface area contributed by atoms with E-state index in [1.165, 1.54) is 11.3 Å². The van der Waals surface area contributed by atoms with Gasteiger partial charge in [0, 0.05) is 35.6 Å². The zero-order valence-electron chi connectivity index (χ0n) is 10.9. The topological polar surface area (TPSA) is 42.7 Å². The predicted octanol–water partition coefficient (Wildman–Crippen LogP) is 3.81. The van der Waals surface area contributed by atoms with Crippen LogP contribution in [0.15, 0.2) is 42.7 Å². The zero-order valence-corrected chi connectivity index (χ0v) is 12.4. The zero-order chi connectivity index (χ0) is 13.9. The van der Waals surface area contributed by atoms with Crippen molar-refractivity contribution in [2.75, 3.05) is 5.32 Å². The van der Waals surface area contributed by atoms with Crippen molar-refractivity contribution >= 4 is 28.6 Å². The molecule has 0 radical (unpaired) electrons. The maximum atomic E-state index is 5.84. The second-order valence-electron chi connectivity index (χ2n) is 4.35. The van der Waals surface area contributed by atoms with Crippen LogP contribution in [0.4, 0.5) is 5.69 Å². The molecule has 1 N–H and O–H groups in total. The number of para-hydroxylation sites is 1. The average molecular weight is 305 g/mol. The molecule has 0 aliphatic heterocycles. The van der Waals surface area contributed by atoms with E-state index in [-0.39, 0.29) is 0 Å². The number of thiazole rings is 1. The highest BCUT2D eigenvalue weighted by atomic mass is 35.5. The van der Waals surface area contributed by atoms with Gasteiger partial charge in [0.05, 0.1) is 12.2 Å². The molecule has 4 nitrogen and oxygen atoms in total. The molecule has 2 heterocycles. The molecule has 0 unspecified atom stereocenters. The molecule has 3 rings (SSSR count). The van der Waals surface area contributed by atoms with E-state index in [9.17, 15) is 0 Å². The van der Waals surface area contributed by atoms with Crippen LogP contribution in [0.3, 0.4) is 0 Å². The number of rotatable bonds is 4. The van der Waals surface area contributed by atoms with E-state index in [1.807, 2.05) is 37.5 Å². The summed E-state index contributed by atoms with van der Waals surface area (Å²) in [5.41, 5.74) is 3.09. The Morgan fingerprint density at radius 2 is 2.15 bits per heavy atom. The highest BCUT2D eigenvalue weighted by Crippen LogP contribution is 2.27. The highest BCUT2D eigenvalue weighted by Gasteiger charge is 2.07. The van der Waals surface area contributed by atoms with Crippen molar-refractivity contribution < 1.29 is 0 Å². The molecule has 102 valence electrons. The number of aromatic nitrogens is 3. The molecule has 1 aromatic carbocycles. The van der Waals surface area contributed by atoms with Gasteiger partial charge in [0.2, 0.25) is 0 Å². The van der Waals surface area contributed by atoms with Crippen molar-refractivity contribution in [2.45, 2.75) is 6.54 Å². The van der Waals surface area contributed by atoms with Crippen LogP contribution in [0.1, 0.15) is 4.88 Å². The van der Waals surface area contributed by atoms with E-state index in [0.717, 1.165) is 21.8 Å². The van der Waals surface area contributed by atoms with Crippen LogP contribution in [0.5, 0.6) is 0 Å². The summed E-state index contributed by atoms with van der Waals surface area (Å²) in [5, 5.41) is 7.86. The first-order valence-electron chi connectivity index (χ1n) is 6.15. The molecule has 0 saturated carbocycles. The fourth-order valence-corrected chi connectivity index (χ4v) is 2.88. The molecule has 0 spiro atoms. The van der Waals surface area contributed by atoms with Gasteiger partial charge < -0.3 is 5.32 Å². The molecule has 0 fully saturated rings. The van der Waals surface area contributed by atoms with Crippen molar-refractivity contribution in [1.82, 2.24) is 14.8 Å². The van der Waals surface area contributed by atoms with E-state index < -0.39 is 0 Å². The van der Waals surface area contributed by atoms with E-state index in [4.69, 9.17) is 11.6 Å². The first-order valence-corrected chi connectivity index (χ1v) is 7.35. The molecule has 0 atom stereocenters. The molecule has 0 bridgehead atoms. The van der Waals surface area contributed by atoms with Crippen LogP contribution in [-0.2, 0) is 13.6 Å². The van der Waals surface area contributed by atoms with Crippen LogP contribution in [0, 0.1) is 0 Å². The van der Waals surface area contributed by atoms with Crippen molar-refractivity contribution in [3.05, 3.63) is 52.1 Å². The minimum absolute atomic E-state index is 0.569. The van der Waals surface area contributed by atoms with Gasteiger partial charge in [-0.25, -0.2) is 4.98 Å². The summed E-state index contributed by atoms with van der Waals surface area (Å²) < 4.78 is 2.37. The monoisotopic (exact) mass is 304 g/mol. The van der Waals surface area contributed by atoms with Gasteiger partial charge in [-0.3, -0.25) is 4.68 Å². The van der Waals surface area contributed by atoms with Crippen molar-refractivity contribution in [1.29, 1.82) is 0 Å². The standard InChI is InChI=1S/C14H13ClN4S/c1-19-7-6-13(18-19)11-4-2-3-5-12(11)16-8-10-9-17-14(15)20-10/h2-7,9,16H,8H2,1H3. The fourth-order valence-electron chi connectivity index (χ4n) is 1.97. The maximum absolute atomic E-state index is 5.84. The van der Waals surface area contributed by atoms with E-state index >= 15 is 0 Å². The van der Waals surface area contributed by atoms with Crippen LogP contribution in [0.25, 0.3) is 11.3 Å². The average Bonchev–Trinajstić information content (AvgIpc) is 3.06. The quantitative estimate of drug-likeness (QED) is 0.797. The van der Waals surface area contributed by atoms with E-state index in [2.05, 4.69) is 21.5 Å². The minimum atomic E-state index is 0.569. The number of nitrogens with one attached hydrogen (secondary N) is 1. The summed E-state index contributed by atoms with van der Waals surface area (Å²) in [7, 11) is 1.92. The number of nitrogens with zero attached hydrogens (tertiary/aromatic N) is 3. The number of hydrogen-bond acceptors (Lipinski definition) is 4. The molecular formula is C14H13ClN4S. The summed E-state index contributed by atoms with van der Waals surface area (Å²) in [6.45, 7) is 0.703. The Morgan fingerprint density at radius 1 is 1.30 bits per heavy atom. The van der Waals surface area contributed by atoms with Crippen LogP contribution in [-0.4, -0.2) is 14.8 Å². The van der Waals surface area contributed by atoms with Gasteiger partial charge in [-0.05, 0) is 12.1 Å². The highest BCUT2D eigenvalue weighted by molar-refractivity contribution is 7.15. The third-order valence-corrected chi connectivity index (χ3v) is 4.01. The molecule has 6 heteroatoms. The Morgan fingerprint density at radius 3 is 2.85 bits per heavy atom. The SMILES string of the molecule is Cn1ccc(-c2ccccc2NCc2cnc(Cl)s2)n1. The van der Waals surface area contributed by atoms with Gasteiger partial charge in [0.15, 0.2) is 4.47 Å². The summed E-state index contributed by atoms with van der Waals surface area (Å²) in [5.74, 6) is 0. The van der Waals surface area contributed by atoms with E-state index in [1.54, 1.807) is 10.9 Å². The Hall–Kier alpha value is -1.85.